The number of rotatable bonds is 4. The molecule has 3 N–H and O–H groups in total. The van der Waals surface area contributed by atoms with Crippen molar-refractivity contribution in [1.82, 2.24) is 5.32 Å². The molecule has 1 aliphatic rings. The summed E-state index contributed by atoms with van der Waals surface area (Å²) in [5, 5.41) is 2.95. The van der Waals surface area contributed by atoms with Gasteiger partial charge in [-0.25, -0.2) is 0 Å². The Morgan fingerprint density at radius 2 is 2.24 bits per heavy atom. The Kier molecular flexibility index (Phi) is 6.26. The Labute approximate surface area is 126 Å². The molecule has 1 heterocycles. The summed E-state index contributed by atoms with van der Waals surface area (Å²) in [6.07, 6.45) is 4.61. The van der Waals surface area contributed by atoms with E-state index in [-0.39, 0.29) is 18.6 Å². The van der Waals surface area contributed by atoms with E-state index in [1.54, 1.807) is 6.07 Å². The monoisotopic (exact) mass is 286 g/mol. The van der Waals surface area contributed by atoms with E-state index in [1.807, 2.05) is 18.2 Å². The maximum absolute atomic E-state index is 12.2. The van der Waals surface area contributed by atoms with Gasteiger partial charge in [-0.1, -0.05) is 24.0 Å². The summed E-state index contributed by atoms with van der Waals surface area (Å²) in [6.45, 7) is 1.76. The zero-order valence-electron chi connectivity index (χ0n) is 12.2. The summed E-state index contributed by atoms with van der Waals surface area (Å²) in [6, 6.07) is 7.33. The number of carbonyl (C=O) groups excluding carboxylic acids is 1. The molecule has 112 valence electrons. The summed E-state index contributed by atoms with van der Waals surface area (Å²) >= 11 is 0. The Bertz CT molecular complexity index is 525. The van der Waals surface area contributed by atoms with Crippen molar-refractivity contribution < 1.29 is 9.53 Å². The van der Waals surface area contributed by atoms with Crippen LogP contribution in [0.1, 0.15) is 41.6 Å². The number of amides is 1. The summed E-state index contributed by atoms with van der Waals surface area (Å²) in [4.78, 5) is 12.2. The van der Waals surface area contributed by atoms with E-state index < -0.39 is 0 Å². The topological polar surface area (TPSA) is 64.4 Å². The van der Waals surface area contributed by atoms with Crippen LogP contribution in [0.25, 0.3) is 0 Å². The van der Waals surface area contributed by atoms with Crippen LogP contribution in [0.4, 0.5) is 0 Å². The van der Waals surface area contributed by atoms with E-state index in [1.165, 1.54) is 6.42 Å². The van der Waals surface area contributed by atoms with Crippen molar-refractivity contribution in [3.63, 3.8) is 0 Å². The quantitative estimate of drug-likeness (QED) is 0.828. The van der Waals surface area contributed by atoms with Crippen LogP contribution in [0.3, 0.4) is 0 Å². The lowest BCUT2D eigenvalue weighted by Gasteiger charge is -2.22. The highest BCUT2D eigenvalue weighted by atomic mass is 16.5. The first-order valence-corrected chi connectivity index (χ1v) is 7.49. The zero-order valence-corrected chi connectivity index (χ0v) is 12.2. The van der Waals surface area contributed by atoms with Crippen molar-refractivity contribution in [3.05, 3.63) is 35.4 Å². The molecule has 1 unspecified atom stereocenters. The van der Waals surface area contributed by atoms with Gasteiger partial charge in [0.2, 0.25) is 0 Å². The number of nitrogens with one attached hydrogen (secondary N) is 1. The van der Waals surface area contributed by atoms with Gasteiger partial charge in [-0.3, -0.25) is 4.79 Å². The van der Waals surface area contributed by atoms with Crippen LogP contribution >= 0.6 is 0 Å². The van der Waals surface area contributed by atoms with Crippen LogP contribution in [-0.4, -0.2) is 31.7 Å². The van der Waals surface area contributed by atoms with Gasteiger partial charge >= 0.3 is 0 Å². The van der Waals surface area contributed by atoms with Crippen molar-refractivity contribution in [3.8, 4) is 11.8 Å². The second-order valence-electron chi connectivity index (χ2n) is 5.08. The van der Waals surface area contributed by atoms with Crippen molar-refractivity contribution >= 4 is 5.91 Å². The standard InChI is InChI=1S/C17H22N2O2/c18-11-5-7-14-6-1-2-9-16(14)17(20)19-12-10-15-8-3-4-13-21-15/h1-2,6,9,15H,3-4,8,10-13,18H2,(H,19,20). The summed E-state index contributed by atoms with van der Waals surface area (Å²) < 4.78 is 5.65. The highest BCUT2D eigenvalue weighted by molar-refractivity contribution is 5.96. The molecule has 1 fully saturated rings. The van der Waals surface area contributed by atoms with Crippen molar-refractivity contribution in [2.45, 2.75) is 31.8 Å². The van der Waals surface area contributed by atoms with Gasteiger partial charge in [-0.05, 0) is 37.8 Å². The van der Waals surface area contributed by atoms with Gasteiger partial charge < -0.3 is 15.8 Å². The first-order valence-electron chi connectivity index (χ1n) is 7.49. The number of nitrogens with two attached hydrogens (primary N) is 1. The molecular weight excluding hydrogens is 264 g/mol. The van der Waals surface area contributed by atoms with E-state index in [0.29, 0.717) is 12.1 Å². The van der Waals surface area contributed by atoms with E-state index in [9.17, 15) is 4.79 Å². The molecule has 0 aliphatic carbocycles. The Morgan fingerprint density at radius 1 is 1.38 bits per heavy atom. The molecule has 0 spiro atoms. The smallest absolute Gasteiger partial charge is 0.252 e. The summed E-state index contributed by atoms with van der Waals surface area (Å²) in [5.41, 5.74) is 6.69. The first kappa shape index (κ1) is 15.6. The van der Waals surface area contributed by atoms with Crippen LogP contribution in [-0.2, 0) is 4.74 Å². The average Bonchev–Trinajstić information content (AvgIpc) is 2.54. The van der Waals surface area contributed by atoms with Crippen LogP contribution in [0.2, 0.25) is 0 Å². The van der Waals surface area contributed by atoms with Crippen LogP contribution in [0.5, 0.6) is 0 Å². The fourth-order valence-corrected chi connectivity index (χ4v) is 2.41. The molecule has 0 saturated carbocycles. The largest absolute Gasteiger partial charge is 0.378 e. The molecule has 21 heavy (non-hydrogen) atoms. The van der Waals surface area contributed by atoms with Crippen LogP contribution in [0.15, 0.2) is 24.3 Å². The molecule has 1 aromatic rings. The second kappa shape index (κ2) is 8.46. The number of carbonyl (C=O) groups is 1. The molecule has 1 aliphatic heterocycles. The second-order valence-corrected chi connectivity index (χ2v) is 5.08. The zero-order chi connectivity index (χ0) is 14.9. The normalized spacial score (nSPS) is 17.7. The Morgan fingerprint density at radius 3 is 3.00 bits per heavy atom. The van der Waals surface area contributed by atoms with Crippen molar-refractivity contribution in [1.29, 1.82) is 0 Å². The summed E-state index contributed by atoms with van der Waals surface area (Å²) in [7, 11) is 0. The Hall–Kier alpha value is -1.83. The molecule has 1 atom stereocenters. The predicted molar refractivity (Wildman–Crippen MR) is 82.9 cm³/mol. The van der Waals surface area contributed by atoms with Crippen molar-refractivity contribution in [2.75, 3.05) is 19.7 Å². The van der Waals surface area contributed by atoms with Crippen LogP contribution < -0.4 is 11.1 Å². The predicted octanol–water partition coefficient (Wildman–Crippen LogP) is 1.69. The number of benzene rings is 1. The van der Waals surface area contributed by atoms with E-state index in [0.717, 1.165) is 31.4 Å². The van der Waals surface area contributed by atoms with E-state index in [2.05, 4.69) is 17.2 Å². The van der Waals surface area contributed by atoms with Gasteiger partial charge in [0.25, 0.3) is 5.91 Å². The minimum absolute atomic E-state index is 0.0901. The fraction of sp³-hybridized carbons (Fsp3) is 0.471. The average molecular weight is 286 g/mol. The third-order valence-corrected chi connectivity index (χ3v) is 3.52. The lowest BCUT2D eigenvalue weighted by molar-refractivity contribution is 0.0117. The molecule has 0 bridgehead atoms. The fourth-order valence-electron chi connectivity index (χ4n) is 2.41. The minimum Gasteiger partial charge on any atom is -0.378 e. The molecule has 1 amide bonds. The summed E-state index contributed by atoms with van der Waals surface area (Å²) in [5.74, 6) is 5.63. The molecule has 1 aromatic carbocycles. The number of hydrogen-bond donors (Lipinski definition) is 2. The van der Waals surface area contributed by atoms with Gasteiger partial charge in [0.05, 0.1) is 18.2 Å². The van der Waals surface area contributed by atoms with Gasteiger partial charge in [0, 0.05) is 18.7 Å². The number of hydrogen-bond acceptors (Lipinski definition) is 3. The molecule has 0 aromatic heterocycles. The molecule has 4 heteroatoms. The van der Waals surface area contributed by atoms with Gasteiger partial charge in [-0.15, -0.1) is 0 Å². The maximum Gasteiger partial charge on any atom is 0.252 e. The van der Waals surface area contributed by atoms with E-state index >= 15 is 0 Å². The Balaban J connectivity index is 1.88. The third kappa shape index (κ3) is 4.89. The van der Waals surface area contributed by atoms with Crippen molar-refractivity contribution in [2.24, 2.45) is 5.73 Å². The molecule has 1 saturated heterocycles. The molecule has 4 nitrogen and oxygen atoms in total. The SMILES string of the molecule is NCC#Cc1ccccc1C(=O)NCCC1CCCCO1. The van der Waals surface area contributed by atoms with Gasteiger partial charge in [-0.2, -0.15) is 0 Å². The molecule has 0 radical (unpaired) electrons. The van der Waals surface area contributed by atoms with Crippen LogP contribution in [0, 0.1) is 11.8 Å². The van der Waals surface area contributed by atoms with Gasteiger partial charge in [0.15, 0.2) is 0 Å². The highest BCUT2D eigenvalue weighted by Gasteiger charge is 2.14. The maximum atomic E-state index is 12.2. The van der Waals surface area contributed by atoms with E-state index in [4.69, 9.17) is 10.5 Å². The lowest BCUT2D eigenvalue weighted by Crippen LogP contribution is -2.29. The lowest BCUT2D eigenvalue weighted by atomic mass is 10.1. The number of ether oxygens (including phenoxy) is 1. The van der Waals surface area contributed by atoms with Gasteiger partial charge in [0.1, 0.15) is 0 Å². The molecule has 2 rings (SSSR count). The first-order chi connectivity index (χ1) is 10.3. The molecular formula is C17H22N2O2. The minimum atomic E-state index is -0.0901. The highest BCUT2D eigenvalue weighted by Crippen LogP contribution is 2.15. The third-order valence-electron chi connectivity index (χ3n) is 3.52.